The summed E-state index contributed by atoms with van der Waals surface area (Å²) in [5, 5.41) is -0.149. The molecule has 1 heterocycles. The smallest absolute Gasteiger partial charge is 0.308 e. The van der Waals surface area contributed by atoms with Gasteiger partial charge in [-0.1, -0.05) is 97.1 Å². The minimum absolute atomic E-state index is 0.0512. The van der Waals surface area contributed by atoms with Gasteiger partial charge >= 0.3 is 12.4 Å². The molecule has 54 heavy (non-hydrogen) atoms. The van der Waals surface area contributed by atoms with E-state index in [4.69, 9.17) is 0 Å². The number of hydrogen-bond acceptors (Lipinski definition) is 2. The van der Waals surface area contributed by atoms with E-state index in [9.17, 15) is 35.9 Å². The van der Waals surface area contributed by atoms with Crippen LogP contribution < -0.4 is 4.90 Å². The van der Waals surface area contributed by atoms with Crippen molar-refractivity contribution in [2.75, 3.05) is 4.90 Å². The Morgan fingerprint density at radius 1 is 0.648 bits per heavy atom. The Kier molecular flexibility index (Phi) is 10.3. The second kappa shape index (κ2) is 14.9. The van der Waals surface area contributed by atoms with Crippen LogP contribution in [0.3, 0.4) is 0 Å². The quantitative estimate of drug-likeness (QED) is 0.126. The van der Waals surface area contributed by atoms with Crippen LogP contribution in [0.4, 0.5) is 32.0 Å². The van der Waals surface area contributed by atoms with Crippen LogP contribution in [0, 0.1) is 6.92 Å². The first-order valence-corrected chi connectivity index (χ1v) is 16.7. The van der Waals surface area contributed by atoms with Gasteiger partial charge in [0, 0.05) is 10.8 Å². The third-order valence-corrected chi connectivity index (χ3v) is 8.97. The number of carbonyl (C=O) groups excluding carboxylic acids is 2. The summed E-state index contributed by atoms with van der Waals surface area (Å²) >= 11 is 0. The number of aryl methyl sites for hydroxylation is 1. The zero-order chi connectivity index (χ0) is 38.8. The number of rotatable bonds is 6. The SMILES string of the molecule is C=C(C)c1ccccc1.Cc1cccc(-n2c3ccc(C(F)(F)F)cc3c3cc(C(F)(F)F)ccc32)c1C(=O)N(C=O)c1ccc(-c2ccccc2)cc1. The van der Waals surface area contributed by atoms with E-state index in [0.717, 1.165) is 45.9 Å². The minimum atomic E-state index is -4.74. The first-order chi connectivity index (χ1) is 25.7. The van der Waals surface area contributed by atoms with Crippen LogP contribution in [-0.2, 0) is 17.1 Å². The van der Waals surface area contributed by atoms with Gasteiger partial charge in [-0.3, -0.25) is 9.59 Å². The Balaban J connectivity index is 0.000000485. The highest BCUT2D eigenvalue weighted by Crippen LogP contribution is 2.41. The Morgan fingerprint density at radius 3 is 1.61 bits per heavy atom. The molecule has 0 fully saturated rings. The molecule has 0 unspecified atom stereocenters. The molecule has 2 amide bonds. The van der Waals surface area contributed by atoms with E-state index in [-0.39, 0.29) is 38.7 Å². The van der Waals surface area contributed by atoms with Crippen LogP contribution in [0.5, 0.6) is 0 Å². The molecule has 0 saturated carbocycles. The maximum absolute atomic E-state index is 14.1. The van der Waals surface area contributed by atoms with Gasteiger partial charge in [0.2, 0.25) is 6.41 Å². The number of imide groups is 1. The summed E-state index contributed by atoms with van der Waals surface area (Å²) in [5.41, 5.74) is 3.34. The number of fused-ring (bicyclic) bond motifs is 3. The van der Waals surface area contributed by atoms with Crippen LogP contribution in [0.1, 0.15) is 39.5 Å². The standard InChI is InChI=1S/C35H22F6N2O2.C9H10/c1-21-6-5-9-31(32(21)33(45)42(20-44)26-14-10-23(11-15-26)22-7-3-2-4-8-22)43-29-16-12-24(34(36,37)38)18-27(29)28-19-25(35(39,40)41)13-17-30(28)43;1-8(2)9-6-4-3-5-7-9/h2-20H,1H3;3-7H,1H2,2H3. The van der Waals surface area contributed by atoms with Gasteiger partial charge in [0.1, 0.15) is 0 Å². The van der Waals surface area contributed by atoms with Crippen LogP contribution in [0.25, 0.3) is 44.2 Å². The van der Waals surface area contributed by atoms with Gasteiger partial charge in [0.05, 0.1) is 39.1 Å². The van der Waals surface area contributed by atoms with Gasteiger partial charge in [-0.05, 0) is 90.7 Å². The highest BCUT2D eigenvalue weighted by molar-refractivity contribution is 6.19. The molecule has 1 aromatic heterocycles. The second-order valence-electron chi connectivity index (χ2n) is 12.6. The van der Waals surface area contributed by atoms with Gasteiger partial charge in [0.15, 0.2) is 0 Å². The van der Waals surface area contributed by atoms with Gasteiger partial charge < -0.3 is 4.57 Å². The molecule has 10 heteroatoms. The molecule has 6 aromatic carbocycles. The summed E-state index contributed by atoms with van der Waals surface area (Å²) in [5.74, 6) is -0.723. The number of halogens is 6. The van der Waals surface area contributed by atoms with E-state index in [2.05, 4.69) is 18.7 Å². The van der Waals surface area contributed by atoms with E-state index in [1.807, 2.05) is 55.5 Å². The van der Waals surface area contributed by atoms with Gasteiger partial charge in [0.25, 0.3) is 5.91 Å². The number of amides is 2. The van der Waals surface area contributed by atoms with Crippen LogP contribution in [0.2, 0.25) is 0 Å². The van der Waals surface area contributed by atoms with Crippen LogP contribution >= 0.6 is 0 Å². The Morgan fingerprint density at radius 2 is 1.15 bits per heavy atom. The number of nitrogens with zero attached hydrogens (tertiary/aromatic N) is 2. The predicted octanol–water partition coefficient (Wildman–Crippen LogP) is 12.3. The molecule has 7 aromatic rings. The van der Waals surface area contributed by atoms with Gasteiger partial charge in [-0.2, -0.15) is 26.3 Å². The van der Waals surface area contributed by atoms with Crippen molar-refractivity contribution < 1.29 is 35.9 Å². The van der Waals surface area contributed by atoms with Crippen molar-refractivity contribution in [1.82, 2.24) is 4.57 Å². The summed E-state index contributed by atoms with van der Waals surface area (Å²) in [4.78, 5) is 27.4. The molecule has 7 rings (SSSR count). The number of alkyl halides is 6. The third kappa shape index (κ3) is 7.54. The van der Waals surface area contributed by atoms with Crippen molar-refractivity contribution in [1.29, 1.82) is 0 Å². The molecule has 0 saturated heterocycles. The summed E-state index contributed by atoms with van der Waals surface area (Å²) in [6.45, 7) is 7.47. The molecule has 0 aliphatic carbocycles. The van der Waals surface area contributed by atoms with Crippen molar-refractivity contribution in [3.8, 4) is 16.8 Å². The van der Waals surface area contributed by atoms with E-state index in [0.29, 0.717) is 12.0 Å². The topological polar surface area (TPSA) is 42.3 Å². The molecule has 0 atom stereocenters. The number of hydrogen-bond donors (Lipinski definition) is 0. The molecular weight excluding hydrogens is 702 g/mol. The van der Waals surface area contributed by atoms with E-state index < -0.39 is 29.4 Å². The lowest BCUT2D eigenvalue weighted by atomic mass is 10.0. The van der Waals surface area contributed by atoms with E-state index in [1.54, 1.807) is 43.3 Å². The first kappa shape index (κ1) is 37.3. The Labute approximate surface area is 307 Å². The average Bonchev–Trinajstić information content (AvgIpc) is 3.48. The summed E-state index contributed by atoms with van der Waals surface area (Å²) in [6, 6.07) is 36.8. The number of aromatic nitrogens is 1. The minimum Gasteiger partial charge on any atom is -0.308 e. The fourth-order valence-electron chi connectivity index (χ4n) is 6.27. The average molecular weight is 735 g/mol. The van der Waals surface area contributed by atoms with Crippen molar-refractivity contribution in [2.24, 2.45) is 0 Å². The molecule has 272 valence electrons. The van der Waals surface area contributed by atoms with Crippen LogP contribution in [-0.4, -0.2) is 16.9 Å². The largest absolute Gasteiger partial charge is 0.416 e. The maximum Gasteiger partial charge on any atom is 0.416 e. The maximum atomic E-state index is 14.1. The zero-order valence-electron chi connectivity index (χ0n) is 29.0. The molecule has 0 aliphatic heterocycles. The molecule has 0 spiro atoms. The fraction of sp³-hybridized carbons (Fsp3) is 0.0909. The molecule has 0 radical (unpaired) electrons. The van der Waals surface area contributed by atoms with E-state index >= 15 is 0 Å². The van der Waals surface area contributed by atoms with Crippen LogP contribution in [0.15, 0.2) is 146 Å². The van der Waals surface area contributed by atoms with Gasteiger partial charge in [-0.15, -0.1) is 0 Å². The van der Waals surface area contributed by atoms with Gasteiger partial charge in [-0.25, -0.2) is 4.90 Å². The fourth-order valence-corrected chi connectivity index (χ4v) is 6.27. The molecule has 0 N–H and O–H groups in total. The Hall–Kier alpha value is -6.42. The van der Waals surface area contributed by atoms with E-state index in [1.165, 1.54) is 28.3 Å². The zero-order valence-corrected chi connectivity index (χ0v) is 29.0. The second-order valence-corrected chi connectivity index (χ2v) is 12.6. The summed E-state index contributed by atoms with van der Waals surface area (Å²) in [7, 11) is 0. The third-order valence-electron chi connectivity index (χ3n) is 8.97. The number of carbonyl (C=O) groups is 2. The molecular formula is C44H32F6N2O2. The van der Waals surface area contributed by atoms with Crippen molar-refractivity contribution >= 4 is 45.4 Å². The molecule has 0 bridgehead atoms. The summed E-state index contributed by atoms with van der Waals surface area (Å²) < 4.78 is 83.5. The highest BCUT2D eigenvalue weighted by Gasteiger charge is 2.34. The monoisotopic (exact) mass is 734 g/mol. The first-order valence-electron chi connectivity index (χ1n) is 16.7. The number of allylic oxidation sites excluding steroid dienone is 1. The number of benzene rings is 6. The van der Waals surface area contributed by atoms with Crippen molar-refractivity contribution in [3.63, 3.8) is 0 Å². The predicted molar refractivity (Wildman–Crippen MR) is 201 cm³/mol. The van der Waals surface area contributed by atoms with Crippen molar-refractivity contribution in [3.05, 3.63) is 174 Å². The lowest BCUT2D eigenvalue weighted by molar-refractivity contribution is -0.138. The summed E-state index contributed by atoms with van der Waals surface area (Å²) in [6.07, 6.45) is -9.11. The lowest BCUT2D eigenvalue weighted by Gasteiger charge is -2.21. The normalized spacial score (nSPS) is 11.6. The highest BCUT2D eigenvalue weighted by atomic mass is 19.4. The Bertz CT molecular complexity index is 2410. The molecule has 0 aliphatic rings. The lowest BCUT2D eigenvalue weighted by Crippen LogP contribution is -2.31. The number of anilines is 1. The molecule has 4 nitrogen and oxygen atoms in total. The van der Waals surface area contributed by atoms with Crippen molar-refractivity contribution in [2.45, 2.75) is 26.2 Å².